The highest BCUT2D eigenvalue weighted by atomic mass is 79.9. The lowest BCUT2D eigenvalue weighted by atomic mass is 9.82. The van der Waals surface area contributed by atoms with Gasteiger partial charge in [-0.05, 0) is 167 Å². The summed E-state index contributed by atoms with van der Waals surface area (Å²) in [5.41, 5.74) is 10.9. The first-order valence-electron chi connectivity index (χ1n) is 18.3. The summed E-state index contributed by atoms with van der Waals surface area (Å²) in [6.45, 7) is 6.77. The van der Waals surface area contributed by atoms with Crippen LogP contribution in [0.1, 0.15) is 16.7 Å². The van der Waals surface area contributed by atoms with E-state index < -0.39 is 0 Å². The molecule has 0 aliphatic heterocycles. The van der Waals surface area contributed by atoms with Crippen LogP contribution in [0.25, 0.3) is 98.0 Å². The number of halogens is 3. The highest BCUT2D eigenvalue weighted by Crippen LogP contribution is 2.58. The Labute approximate surface area is 339 Å². The van der Waals surface area contributed by atoms with Crippen LogP contribution in [0.5, 0.6) is 0 Å². The zero-order chi connectivity index (χ0) is 36.8. The van der Waals surface area contributed by atoms with Crippen molar-refractivity contribution in [1.82, 2.24) is 0 Å². The molecule has 0 aromatic heterocycles. The molecular formula is C51H33Br3. The molecule has 0 spiro atoms. The van der Waals surface area contributed by atoms with Crippen LogP contribution in [-0.4, -0.2) is 0 Å². The van der Waals surface area contributed by atoms with E-state index >= 15 is 0 Å². The summed E-state index contributed by atoms with van der Waals surface area (Å²) in [5.74, 6) is 0. The number of benzene rings is 10. The van der Waals surface area contributed by atoms with Gasteiger partial charge < -0.3 is 0 Å². The second kappa shape index (κ2) is 12.9. The molecule has 258 valence electrons. The predicted octanol–water partition coefficient (Wildman–Crippen LogP) is 16.8. The average Bonchev–Trinajstić information content (AvgIpc) is 3.21. The molecule has 3 heteroatoms. The Morgan fingerprint density at radius 3 is 0.537 bits per heavy atom. The van der Waals surface area contributed by atoms with Gasteiger partial charge in [-0.15, -0.1) is 0 Å². The molecule has 10 aromatic carbocycles. The number of hydrogen-bond acceptors (Lipinski definition) is 0. The van der Waals surface area contributed by atoms with E-state index in [2.05, 4.69) is 214 Å². The smallest absolute Gasteiger partial charge is 0.0356 e. The predicted molar refractivity (Wildman–Crippen MR) is 245 cm³/mol. The first-order valence-corrected chi connectivity index (χ1v) is 20.7. The molecule has 54 heavy (non-hydrogen) atoms. The Hall–Kier alpha value is -4.80. The van der Waals surface area contributed by atoms with Crippen molar-refractivity contribution in [3.8, 4) is 33.4 Å². The third kappa shape index (κ3) is 4.78. The van der Waals surface area contributed by atoms with Gasteiger partial charge in [0.05, 0.1) is 0 Å². The van der Waals surface area contributed by atoms with Crippen LogP contribution in [0.15, 0.2) is 159 Å². The zero-order valence-electron chi connectivity index (χ0n) is 30.0. The van der Waals surface area contributed by atoms with E-state index in [-0.39, 0.29) is 0 Å². The summed E-state index contributed by atoms with van der Waals surface area (Å²) in [5, 5.41) is 14.9. The average molecular weight is 886 g/mol. The number of rotatable bonds is 3. The Bertz CT molecular complexity index is 2690. The SMILES string of the molecule is Cc1c2ccccc2c(-c2c(Br)c(-c3c4ccccc4c(C)c4ccccc34)c(Br)c(-c3c4ccccc4c(C)c4ccccc34)c2Br)c2ccccc12. The van der Waals surface area contributed by atoms with Gasteiger partial charge in [0.1, 0.15) is 0 Å². The second-order valence-corrected chi connectivity index (χ2v) is 16.7. The fourth-order valence-electron chi connectivity index (χ4n) is 9.17. The van der Waals surface area contributed by atoms with E-state index in [1.807, 2.05) is 0 Å². The molecule has 10 aromatic rings. The molecule has 0 nitrogen and oxygen atoms in total. The lowest BCUT2D eigenvalue weighted by Gasteiger charge is -2.26. The molecule has 0 atom stereocenters. The second-order valence-electron chi connectivity index (χ2n) is 14.3. The van der Waals surface area contributed by atoms with E-state index in [0.29, 0.717) is 0 Å². The van der Waals surface area contributed by atoms with Gasteiger partial charge >= 0.3 is 0 Å². The normalized spacial score (nSPS) is 11.9. The summed E-state index contributed by atoms with van der Waals surface area (Å²) in [7, 11) is 0. The standard InChI is InChI=1S/C51H33Br3/c1-28-31-16-4-10-22-37(31)43(38-23-11-5-17-32(28)38)46-49(52)47(44-39-24-12-6-18-33(39)29(2)34-19-7-13-25-40(34)44)51(54)48(50(46)53)45-41-26-14-8-20-35(41)30(3)36-21-9-15-27-42(36)45/h4-27H,1-3H3. The van der Waals surface area contributed by atoms with Gasteiger partial charge in [0.15, 0.2) is 0 Å². The molecule has 0 fully saturated rings. The monoisotopic (exact) mass is 882 g/mol. The van der Waals surface area contributed by atoms with Crippen molar-refractivity contribution in [3.05, 3.63) is 176 Å². The molecule has 0 aliphatic carbocycles. The number of hydrogen-bond donors (Lipinski definition) is 0. The van der Waals surface area contributed by atoms with Crippen LogP contribution in [0.2, 0.25) is 0 Å². The molecule has 0 bridgehead atoms. The molecule has 0 amide bonds. The van der Waals surface area contributed by atoms with Gasteiger partial charge in [0.2, 0.25) is 0 Å². The number of fused-ring (bicyclic) bond motifs is 6. The maximum Gasteiger partial charge on any atom is 0.0356 e. The Morgan fingerprint density at radius 2 is 0.370 bits per heavy atom. The summed E-state index contributed by atoms with van der Waals surface area (Å²) >= 11 is 13.2. The van der Waals surface area contributed by atoms with Gasteiger partial charge in [0, 0.05) is 30.1 Å². The van der Waals surface area contributed by atoms with Crippen molar-refractivity contribution >= 4 is 112 Å². The molecule has 0 aliphatic rings. The lowest BCUT2D eigenvalue weighted by molar-refractivity contribution is 1.51. The van der Waals surface area contributed by atoms with Crippen molar-refractivity contribution in [2.24, 2.45) is 0 Å². The highest BCUT2D eigenvalue weighted by molar-refractivity contribution is 9.12. The first-order chi connectivity index (χ1) is 26.4. The molecule has 0 radical (unpaired) electrons. The van der Waals surface area contributed by atoms with Crippen LogP contribution in [0, 0.1) is 20.8 Å². The van der Waals surface area contributed by atoms with E-state index in [9.17, 15) is 0 Å². The van der Waals surface area contributed by atoms with Gasteiger partial charge in [-0.2, -0.15) is 0 Å². The zero-order valence-corrected chi connectivity index (χ0v) is 34.7. The fraction of sp³-hybridized carbons (Fsp3) is 0.0588. The quantitative estimate of drug-likeness (QED) is 0.155. The molecular weight excluding hydrogens is 852 g/mol. The van der Waals surface area contributed by atoms with E-state index in [1.54, 1.807) is 0 Å². The Balaban J connectivity index is 1.51. The van der Waals surface area contributed by atoms with Crippen LogP contribution in [-0.2, 0) is 0 Å². The first kappa shape index (κ1) is 33.7. The van der Waals surface area contributed by atoms with Gasteiger partial charge in [-0.3, -0.25) is 0 Å². The Morgan fingerprint density at radius 1 is 0.222 bits per heavy atom. The van der Waals surface area contributed by atoms with Gasteiger partial charge in [-0.25, -0.2) is 0 Å². The summed E-state index contributed by atoms with van der Waals surface area (Å²) in [4.78, 5) is 0. The topological polar surface area (TPSA) is 0 Å². The minimum Gasteiger partial charge on any atom is -0.0616 e. The summed E-state index contributed by atoms with van der Waals surface area (Å²) in [6.07, 6.45) is 0. The third-order valence-corrected chi connectivity index (χ3v) is 14.0. The van der Waals surface area contributed by atoms with Crippen molar-refractivity contribution in [2.75, 3.05) is 0 Å². The molecule has 0 saturated heterocycles. The largest absolute Gasteiger partial charge is 0.0616 e. The van der Waals surface area contributed by atoms with E-state index in [0.717, 1.165) is 30.1 Å². The molecule has 0 heterocycles. The number of aryl methyl sites for hydroxylation is 3. The minimum atomic E-state index is 1.05. The maximum absolute atomic E-state index is 4.39. The van der Waals surface area contributed by atoms with Crippen molar-refractivity contribution in [3.63, 3.8) is 0 Å². The molecule has 10 rings (SSSR count). The minimum absolute atomic E-state index is 1.05. The molecule has 0 N–H and O–H groups in total. The third-order valence-electron chi connectivity index (χ3n) is 11.7. The van der Waals surface area contributed by atoms with E-state index in [1.165, 1.54) is 98.0 Å². The maximum atomic E-state index is 4.39. The highest BCUT2D eigenvalue weighted by Gasteiger charge is 2.30. The molecule has 0 saturated carbocycles. The van der Waals surface area contributed by atoms with Crippen LogP contribution < -0.4 is 0 Å². The van der Waals surface area contributed by atoms with E-state index in [4.69, 9.17) is 0 Å². The van der Waals surface area contributed by atoms with Crippen molar-refractivity contribution in [2.45, 2.75) is 20.8 Å². The fourth-order valence-corrected chi connectivity index (χ4v) is 12.3. The van der Waals surface area contributed by atoms with Crippen molar-refractivity contribution in [1.29, 1.82) is 0 Å². The van der Waals surface area contributed by atoms with Gasteiger partial charge in [-0.1, -0.05) is 146 Å². The van der Waals surface area contributed by atoms with Crippen LogP contribution >= 0.6 is 47.8 Å². The molecule has 0 unspecified atom stereocenters. The summed E-state index contributed by atoms with van der Waals surface area (Å²) < 4.78 is 3.14. The lowest BCUT2D eigenvalue weighted by Crippen LogP contribution is -1.99. The van der Waals surface area contributed by atoms with Crippen molar-refractivity contribution < 1.29 is 0 Å². The van der Waals surface area contributed by atoms with Crippen LogP contribution in [0.3, 0.4) is 0 Å². The summed E-state index contributed by atoms with van der Waals surface area (Å²) in [6, 6.07) is 53.3. The Kier molecular flexibility index (Phi) is 8.07. The van der Waals surface area contributed by atoms with Gasteiger partial charge in [0.25, 0.3) is 0 Å². The van der Waals surface area contributed by atoms with Crippen LogP contribution in [0.4, 0.5) is 0 Å².